The molecule has 1 atom stereocenters. The minimum absolute atomic E-state index is 0.247. The van der Waals surface area contributed by atoms with Crippen molar-refractivity contribution in [2.75, 3.05) is 18.5 Å². The molecule has 0 bridgehead atoms. The first kappa shape index (κ1) is 23.6. The number of fused-ring (bicyclic) bond motifs is 2. The SMILES string of the molecule is CC(C)(CC(O)(CNc1ccc2[nH]ccc(=O)c2c1)C(F)(F)F)c1cc(Br)cc2c1OCC2. The van der Waals surface area contributed by atoms with E-state index in [0.717, 1.165) is 10.0 Å². The molecule has 1 aliphatic rings. The van der Waals surface area contributed by atoms with E-state index in [4.69, 9.17) is 4.74 Å². The molecule has 5 nitrogen and oxygen atoms in total. The van der Waals surface area contributed by atoms with Crippen LogP contribution in [0.3, 0.4) is 0 Å². The Labute approximate surface area is 197 Å². The Kier molecular flexibility index (Phi) is 5.99. The van der Waals surface area contributed by atoms with Crippen LogP contribution in [0.15, 0.2) is 51.9 Å². The summed E-state index contributed by atoms with van der Waals surface area (Å²) in [5, 5.41) is 13.9. The highest BCUT2D eigenvalue weighted by Gasteiger charge is 2.56. The van der Waals surface area contributed by atoms with Gasteiger partial charge < -0.3 is 20.1 Å². The number of rotatable bonds is 6. The topological polar surface area (TPSA) is 74.4 Å². The van der Waals surface area contributed by atoms with E-state index in [2.05, 4.69) is 26.2 Å². The van der Waals surface area contributed by atoms with Crippen LogP contribution in [0.2, 0.25) is 0 Å². The summed E-state index contributed by atoms with van der Waals surface area (Å²) in [4.78, 5) is 15.0. The third-order valence-corrected chi connectivity index (χ3v) is 6.54. The summed E-state index contributed by atoms with van der Waals surface area (Å²) in [6, 6.07) is 9.65. The van der Waals surface area contributed by atoms with E-state index in [0.29, 0.717) is 40.9 Å². The Bertz CT molecular complexity index is 1260. The lowest BCUT2D eigenvalue weighted by atomic mass is 9.74. The maximum absolute atomic E-state index is 14.1. The summed E-state index contributed by atoms with van der Waals surface area (Å²) in [5.41, 5.74) is -1.89. The van der Waals surface area contributed by atoms with Crippen molar-refractivity contribution in [3.8, 4) is 5.75 Å². The van der Waals surface area contributed by atoms with Crippen molar-refractivity contribution in [1.82, 2.24) is 4.98 Å². The van der Waals surface area contributed by atoms with Gasteiger partial charge in [0, 0.05) is 45.3 Å². The van der Waals surface area contributed by atoms with E-state index in [1.165, 1.54) is 18.3 Å². The van der Waals surface area contributed by atoms with E-state index >= 15 is 0 Å². The fourth-order valence-corrected chi connectivity index (χ4v) is 4.90. The number of hydrogen-bond donors (Lipinski definition) is 3. The quantitative estimate of drug-likeness (QED) is 0.409. The van der Waals surface area contributed by atoms with Crippen LogP contribution in [0.1, 0.15) is 31.4 Å². The summed E-state index contributed by atoms with van der Waals surface area (Å²) >= 11 is 3.43. The normalized spacial score (nSPS) is 15.7. The van der Waals surface area contributed by atoms with Crippen molar-refractivity contribution in [1.29, 1.82) is 0 Å². The molecule has 33 heavy (non-hydrogen) atoms. The zero-order valence-electron chi connectivity index (χ0n) is 18.1. The molecular weight excluding hydrogens is 501 g/mol. The monoisotopic (exact) mass is 524 g/mol. The fraction of sp³-hybridized carbons (Fsp3) is 0.375. The van der Waals surface area contributed by atoms with E-state index in [1.54, 1.807) is 32.0 Å². The first-order valence-electron chi connectivity index (χ1n) is 10.5. The molecule has 0 saturated heterocycles. The minimum atomic E-state index is -4.89. The third kappa shape index (κ3) is 4.61. The van der Waals surface area contributed by atoms with Crippen LogP contribution in [0.25, 0.3) is 10.9 Å². The van der Waals surface area contributed by atoms with Crippen LogP contribution in [0, 0.1) is 0 Å². The molecule has 9 heteroatoms. The van der Waals surface area contributed by atoms with Gasteiger partial charge in [0.15, 0.2) is 11.0 Å². The maximum atomic E-state index is 14.1. The molecule has 4 rings (SSSR count). The van der Waals surface area contributed by atoms with Crippen molar-refractivity contribution < 1.29 is 23.0 Å². The molecule has 0 amide bonds. The van der Waals surface area contributed by atoms with Gasteiger partial charge in [-0.15, -0.1) is 0 Å². The number of aromatic amines is 1. The maximum Gasteiger partial charge on any atom is 0.418 e. The van der Waals surface area contributed by atoms with Gasteiger partial charge in [0.25, 0.3) is 0 Å². The van der Waals surface area contributed by atoms with Gasteiger partial charge in [0.2, 0.25) is 0 Å². The molecule has 3 aromatic rings. The van der Waals surface area contributed by atoms with Crippen molar-refractivity contribution in [2.24, 2.45) is 0 Å². The van der Waals surface area contributed by atoms with Crippen LogP contribution < -0.4 is 15.5 Å². The average molecular weight is 525 g/mol. The molecule has 2 heterocycles. The first-order valence-corrected chi connectivity index (χ1v) is 11.3. The summed E-state index contributed by atoms with van der Waals surface area (Å²) in [5.74, 6) is 0.592. The lowest BCUT2D eigenvalue weighted by molar-refractivity contribution is -0.260. The number of H-pyrrole nitrogens is 1. The molecule has 3 N–H and O–H groups in total. The van der Waals surface area contributed by atoms with Gasteiger partial charge in [-0.1, -0.05) is 29.8 Å². The Morgan fingerprint density at radius 1 is 1.18 bits per heavy atom. The van der Waals surface area contributed by atoms with E-state index < -0.39 is 30.2 Å². The Balaban J connectivity index is 1.63. The standard InChI is InChI=1S/C24H24BrF3N2O3/c1-22(2,18-10-15(25)9-14-6-8-33-21(14)18)12-23(32,24(26,27)28)13-30-16-3-4-19-17(11-16)20(31)5-7-29-19/h3-5,7,9-11,30,32H,6,8,12-13H2,1-2H3,(H,29,31). The van der Waals surface area contributed by atoms with Crippen molar-refractivity contribution in [2.45, 2.75) is 43.9 Å². The molecule has 1 aromatic heterocycles. The molecule has 1 aliphatic heterocycles. The van der Waals surface area contributed by atoms with Gasteiger partial charge in [-0.05, 0) is 47.7 Å². The van der Waals surface area contributed by atoms with Gasteiger partial charge in [0.1, 0.15) is 5.75 Å². The fourth-order valence-electron chi connectivity index (χ4n) is 4.39. The van der Waals surface area contributed by atoms with Crippen molar-refractivity contribution in [3.05, 3.63) is 68.4 Å². The summed E-state index contributed by atoms with van der Waals surface area (Å²) in [6.45, 7) is 3.04. The van der Waals surface area contributed by atoms with Crippen molar-refractivity contribution >= 4 is 32.5 Å². The smallest absolute Gasteiger partial charge is 0.418 e. The van der Waals surface area contributed by atoms with Crippen LogP contribution in [0.4, 0.5) is 18.9 Å². The number of ether oxygens (including phenoxy) is 1. The van der Waals surface area contributed by atoms with Gasteiger partial charge in [0.05, 0.1) is 13.2 Å². The second kappa shape index (κ2) is 8.36. The summed E-state index contributed by atoms with van der Waals surface area (Å²) in [6.07, 6.45) is -3.28. The highest BCUT2D eigenvalue weighted by atomic mass is 79.9. The lowest BCUT2D eigenvalue weighted by Gasteiger charge is -2.38. The molecule has 1 unspecified atom stereocenters. The highest BCUT2D eigenvalue weighted by Crippen LogP contribution is 2.46. The first-order chi connectivity index (χ1) is 15.4. The Hall–Kier alpha value is -2.52. The Morgan fingerprint density at radius 2 is 1.94 bits per heavy atom. The molecule has 0 fully saturated rings. The van der Waals surface area contributed by atoms with E-state index in [-0.39, 0.29) is 5.43 Å². The van der Waals surface area contributed by atoms with Gasteiger partial charge in [-0.3, -0.25) is 4.79 Å². The second-order valence-corrected chi connectivity index (χ2v) is 10.0. The van der Waals surface area contributed by atoms with Gasteiger partial charge in [-0.2, -0.15) is 13.2 Å². The highest BCUT2D eigenvalue weighted by molar-refractivity contribution is 9.10. The molecule has 176 valence electrons. The van der Waals surface area contributed by atoms with Crippen LogP contribution in [-0.4, -0.2) is 35.0 Å². The van der Waals surface area contributed by atoms with Crippen molar-refractivity contribution in [3.63, 3.8) is 0 Å². The average Bonchev–Trinajstić information content (AvgIpc) is 3.19. The van der Waals surface area contributed by atoms with Crippen LogP contribution >= 0.6 is 15.9 Å². The molecular formula is C24H24BrF3N2O3. The number of hydrogen-bond acceptors (Lipinski definition) is 4. The summed E-state index contributed by atoms with van der Waals surface area (Å²) in [7, 11) is 0. The predicted octanol–water partition coefficient (Wildman–Crippen LogP) is 5.30. The zero-order valence-corrected chi connectivity index (χ0v) is 19.7. The minimum Gasteiger partial charge on any atom is -0.493 e. The number of nitrogens with one attached hydrogen (secondary N) is 2. The second-order valence-electron chi connectivity index (χ2n) is 9.09. The zero-order chi connectivity index (χ0) is 24.0. The molecule has 0 saturated carbocycles. The van der Waals surface area contributed by atoms with Gasteiger partial charge in [-0.25, -0.2) is 0 Å². The number of alkyl halides is 3. The number of aliphatic hydroxyl groups is 1. The molecule has 0 spiro atoms. The number of pyridine rings is 1. The largest absolute Gasteiger partial charge is 0.493 e. The third-order valence-electron chi connectivity index (χ3n) is 6.08. The van der Waals surface area contributed by atoms with E-state index in [1.807, 2.05) is 6.07 Å². The van der Waals surface area contributed by atoms with Crippen LogP contribution in [0.5, 0.6) is 5.75 Å². The molecule has 2 aromatic carbocycles. The van der Waals surface area contributed by atoms with Gasteiger partial charge >= 0.3 is 6.18 Å². The number of aromatic nitrogens is 1. The van der Waals surface area contributed by atoms with E-state index in [9.17, 15) is 23.1 Å². The number of halogens is 4. The number of benzene rings is 2. The number of anilines is 1. The molecule has 0 aliphatic carbocycles. The predicted molar refractivity (Wildman–Crippen MR) is 125 cm³/mol. The molecule has 0 radical (unpaired) electrons. The summed E-state index contributed by atoms with van der Waals surface area (Å²) < 4.78 is 48.9. The Morgan fingerprint density at radius 3 is 2.67 bits per heavy atom. The lowest BCUT2D eigenvalue weighted by Crippen LogP contribution is -2.53. The van der Waals surface area contributed by atoms with Crippen LogP contribution in [-0.2, 0) is 11.8 Å².